The molecule has 4 aromatic rings. The summed E-state index contributed by atoms with van der Waals surface area (Å²) in [5, 5.41) is 9.37. The zero-order valence-corrected chi connectivity index (χ0v) is 12.6. The molecule has 0 unspecified atom stereocenters. The van der Waals surface area contributed by atoms with Crippen molar-refractivity contribution in [2.75, 3.05) is 5.43 Å². The molecule has 23 heavy (non-hydrogen) atoms. The maximum Gasteiger partial charge on any atom is 0.0561 e. The van der Waals surface area contributed by atoms with Crippen LogP contribution in [0.25, 0.3) is 21.5 Å². The van der Waals surface area contributed by atoms with Crippen molar-refractivity contribution in [2.45, 2.75) is 0 Å². The van der Waals surface area contributed by atoms with E-state index in [0.717, 1.165) is 11.3 Å². The van der Waals surface area contributed by atoms with Crippen LogP contribution >= 0.6 is 0 Å². The van der Waals surface area contributed by atoms with E-state index >= 15 is 0 Å². The highest BCUT2D eigenvalue weighted by Crippen LogP contribution is 2.27. The second-order valence-corrected chi connectivity index (χ2v) is 5.47. The van der Waals surface area contributed by atoms with Gasteiger partial charge in [-0.15, -0.1) is 0 Å². The third-order valence-corrected chi connectivity index (χ3v) is 3.97. The second-order valence-electron chi connectivity index (χ2n) is 5.47. The average molecular weight is 296 g/mol. The predicted molar refractivity (Wildman–Crippen MR) is 99.1 cm³/mol. The van der Waals surface area contributed by atoms with Gasteiger partial charge in [0.05, 0.1) is 11.9 Å². The molecular weight excluding hydrogens is 280 g/mol. The van der Waals surface area contributed by atoms with E-state index in [4.69, 9.17) is 0 Å². The van der Waals surface area contributed by atoms with E-state index < -0.39 is 0 Å². The molecule has 4 aromatic carbocycles. The summed E-state index contributed by atoms with van der Waals surface area (Å²) in [5.41, 5.74) is 5.17. The van der Waals surface area contributed by atoms with Crippen LogP contribution in [0.2, 0.25) is 0 Å². The van der Waals surface area contributed by atoms with Crippen LogP contribution in [0, 0.1) is 0 Å². The lowest BCUT2D eigenvalue weighted by Gasteiger charge is -2.07. The summed E-state index contributed by atoms with van der Waals surface area (Å²) in [4.78, 5) is 0. The molecule has 0 spiro atoms. The Morgan fingerprint density at radius 1 is 0.652 bits per heavy atom. The van der Waals surface area contributed by atoms with Crippen molar-refractivity contribution in [1.29, 1.82) is 0 Å². The van der Waals surface area contributed by atoms with Gasteiger partial charge in [-0.05, 0) is 33.7 Å². The van der Waals surface area contributed by atoms with E-state index in [1.807, 2.05) is 36.5 Å². The lowest BCUT2D eigenvalue weighted by atomic mass is 9.98. The van der Waals surface area contributed by atoms with Crippen LogP contribution in [0.15, 0.2) is 90.0 Å². The van der Waals surface area contributed by atoms with Crippen LogP contribution in [0.3, 0.4) is 0 Å². The Balaban J connectivity index is 1.79. The average Bonchev–Trinajstić information content (AvgIpc) is 2.62. The number of hydrogen-bond donors (Lipinski definition) is 1. The van der Waals surface area contributed by atoms with Crippen LogP contribution < -0.4 is 5.43 Å². The van der Waals surface area contributed by atoms with Gasteiger partial charge >= 0.3 is 0 Å². The number of rotatable bonds is 3. The first kappa shape index (κ1) is 13.5. The number of anilines is 1. The number of nitrogens with one attached hydrogen (secondary N) is 1. The van der Waals surface area contributed by atoms with Crippen molar-refractivity contribution in [3.8, 4) is 0 Å². The zero-order chi connectivity index (χ0) is 15.5. The standard InChI is InChI=1S/C21H16N2/c1-2-10-19(11-3-1)23-22-15-18-9-6-8-17-14-13-16-7-4-5-12-20(16)21(17)18/h1-15,23H. The molecule has 0 aromatic heterocycles. The molecule has 0 saturated heterocycles. The Morgan fingerprint density at radius 3 is 2.30 bits per heavy atom. The summed E-state index contributed by atoms with van der Waals surface area (Å²) in [5.74, 6) is 0. The molecule has 2 nitrogen and oxygen atoms in total. The van der Waals surface area contributed by atoms with Gasteiger partial charge in [-0.1, -0.05) is 72.8 Å². The fourth-order valence-electron chi connectivity index (χ4n) is 2.88. The highest BCUT2D eigenvalue weighted by atomic mass is 15.3. The van der Waals surface area contributed by atoms with Gasteiger partial charge in [-0.3, -0.25) is 5.43 Å². The normalized spacial score (nSPS) is 11.3. The number of hydrogen-bond acceptors (Lipinski definition) is 2. The first-order valence-electron chi connectivity index (χ1n) is 7.66. The molecule has 0 aliphatic heterocycles. The Morgan fingerprint density at radius 2 is 1.39 bits per heavy atom. The summed E-state index contributed by atoms with van der Waals surface area (Å²) in [6.45, 7) is 0. The third kappa shape index (κ3) is 2.67. The Kier molecular flexibility index (Phi) is 3.49. The minimum atomic E-state index is 0.980. The van der Waals surface area contributed by atoms with Crippen LogP contribution in [-0.2, 0) is 0 Å². The highest BCUT2D eigenvalue weighted by Gasteiger charge is 2.03. The Hall–Kier alpha value is -3.13. The van der Waals surface area contributed by atoms with Crippen LogP contribution in [0.1, 0.15) is 5.56 Å². The molecule has 4 rings (SSSR count). The minimum absolute atomic E-state index is 0.980. The maximum atomic E-state index is 4.39. The summed E-state index contributed by atoms with van der Waals surface area (Å²) in [6, 6.07) is 29.1. The third-order valence-electron chi connectivity index (χ3n) is 3.97. The molecule has 0 radical (unpaired) electrons. The van der Waals surface area contributed by atoms with E-state index in [-0.39, 0.29) is 0 Å². The van der Waals surface area contributed by atoms with E-state index in [0.29, 0.717) is 0 Å². The van der Waals surface area contributed by atoms with Crippen molar-refractivity contribution in [3.05, 3.63) is 90.5 Å². The molecule has 0 atom stereocenters. The lowest BCUT2D eigenvalue weighted by molar-refractivity contribution is 1.35. The summed E-state index contributed by atoms with van der Waals surface area (Å²) >= 11 is 0. The molecule has 0 bridgehead atoms. The molecule has 1 N–H and O–H groups in total. The monoisotopic (exact) mass is 296 g/mol. The molecule has 0 aliphatic rings. The summed E-state index contributed by atoms with van der Waals surface area (Å²) < 4.78 is 0. The molecule has 2 heteroatoms. The van der Waals surface area contributed by atoms with Crippen LogP contribution in [0.5, 0.6) is 0 Å². The Labute approximate surface area is 135 Å². The molecule has 0 heterocycles. The predicted octanol–water partition coefficient (Wildman–Crippen LogP) is 5.44. The fraction of sp³-hybridized carbons (Fsp3) is 0. The summed E-state index contributed by atoms with van der Waals surface area (Å²) in [6.07, 6.45) is 1.89. The van der Waals surface area contributed by atoms with E-state index in [2.05, 4.69) is 65.1 Å². The van der Waals surface area contributed by atoms with E-state index in [9.17, 15) is 0 Å². The lowest BCUT2D eigenvalue weighted by Crippen LogP contribution is -1.91. The van der Waals surface area contributed by atoms with Gasteiger partial charge in [-0.25, -0.2) is 0 Å². The molecule has 0 aliphatic carbocycles. The second kappa shape index (κ2) is 5.93. The van der Waals surface area contributed by atoms with Crippen LogP contribution in [-0.4, -0.2) is 6.21 Å². The van der Waals surface area contributed by atoms with Crippen molar-refractivity contribution >= 4 is 33.4 Å². The van der Waals surface area contributed by atoms with Gasteiger partial charge in [-0.2, -0.15) is 5.10 Å². The van der Waals surface area contributed by atoms with Crippen molar-refractivity contribution in [2.24, 2.45) is 5.10 Å². The maximum absolute atomic E-state index is 4.39. The minimum Gasteiger partial charge on any atom is -0.279 e. The van der Waals surface area contributed by atoms with Gasteiger partial charge in [0.15, 0.2) is 0 Å². The van der Waals surface area contributed by atoms with Gasteiger partial charge < -0.3 is 0 Å². The van der Waals surface area contributed by atoms with Crippen molar-refractivity contribution < 1.29 is 0 Å². The van der Waals surface area contributed by atoms with E-state index in [1.54, 1.807) is 0 Å². The van der Waals surface area contributed by atoms with Gasteiger partial charge in [0, 0.05) is 5.56 Å². The molecule has 110 valence electrons. The molecular formula is C21H16N2. The number of benzene rings is 4. The molecule has 0 amide bonds. The molecule has 0 saturated carbocycles. The first-order chi connectivity index (χ1) is 11.4. The van der Waals surface area contributed by atoms with Gasteiger partial charge in [0.2, 0.25) is 0 Å². The summed E-state index contributed by atoms with van der Waals surface area (Å²) in [7, 11) is 0. The number of fused-ring (bicyclic) bond motifs is 3. The quantitative estimate of drug-likeness (QED) is 0.304. The fourth-order valence-corrected chi connectivity index (χ4v) is 2.88. The van der Waals surface area contributed by atoms with Crippen molar-refractivity contribution in [3.63, 3.8) is 0 Å². The number of para-hydroxylation sites is 1. The van der Waals surface area contributed by atoms with E-state index in [1.165, 1.54) is 21.5 Å². The SMILES string of the molecule is C(=NNc1ccccc1)c1cccc2ccc3ccccc3c12. The topological polar surface area (TPSA) is 24.4 Å². The number of nitrogens with zero attached hydrogens (tertiary/aromatic N) is 1. The van der Waals surface area contributed by atoms with Gasteiger partial charge in [0.25, 0.3) is 0 Å². The van der Waals surface area contributed by atoms with Gasteiger partial charge in [0.1, 0.15) is 0 Å². The smallest absolute Gasteiger partial charge is 0.0561 e. The van der Waals surface area contributed by atoms with Crippen LogP contribution in [0.4, 0.5) is 5.69 Å². The highest BCUT2D eigenvalue weighted by molar-refractivity contribution is 6.14. The first-order valence-corrected chi connectivity index (χ1v) is 7.66. The largest absolute Gasteiger partial charge is 0.279 e. The molecule has 0 fully saturated rings. The zero-order valence-electron chi connectivity index (χ0n) is 12.6. The number of hydrazone groups is 1. The van der Waals surface area contributed by atoms with Crippen molar-refractivity contribution in [1.82, 2.24) is 0 Å². The Bertz CT molecular complexity index is 988.